The summed E-state index contributed by atoms with van der Waals surface area (Å²) in [5.41, 5.74) is 17.2. The van der Waals surface area contributed by atoms with Crippen molar-refractivity contribution in [1.82, 2.24) is 16.0 Å². The Morgan fingerprint density at radius 1 is 0.923 bits per heavy atom. The highest BCUT2D eigenvalue weighted by Gasteiger charge is 2.32. The Morgan fingerprint density at radius 2 is 1.49 bits per heavy atom. The average molecular weight is 552 g/mol. The van der Waals surface area contributed by atoms with Gasteiger partial charge in [0.1, 0.15) is 17.8 Å². The van der Waals surface area contributed by atoms with Crippen LogP contribution in [0.15, 0.2) is 29.3 Å². The smallest absolute Gasteiger partial charge is 0.328 e. The number of phenols is 1. The molecule has 0 radical (unpaired) electrons. The van der Waals surface area contributed by atoms with Crippen molar-refractivity contribution >= 4 is 29.7 Å². The van der Waals surface area contributed by atoms with Gasteiger partial charge in [0.05, 0.1) is 12.1 Å². The van der Waals surface area contributed by atoms with Crippen molar-refractivity contribution in [1.29, 1.82) is 0 Å². The van der Waals surface area contributed by atoms with Gasteiger partial charge in [-0.3, -0.25) is 19.4 Å². The summed E-state index contributed by atoms with van der Waals surface area (Å²) in [6.45, 7) is 5.19. The molecule has 5 atom stereocenters. The predicted molar refractivity (Wildman–Crippen MR) is 144 cm³/mol. The third kappa shape index (κ3) is 12.5. The Balaban J connectivity index is 3.19. The van der Waals surface area contributed by atoms with Crippen molar-refractivity contribution < 1.29 is 34.5 Å². The third-order valence-corrected chi connectivity index (χ3v) is 5.70. The van der Waals surface area contributed by atoms with E-state index in [1.54, 1.807) is 0 Å². The number of benzene rings is 1. The fourth-order valence-corrected chi connectivity index (χ4v) is 3.66. The second-order valence-corrected chi connectivity index (χ2v) is 9.74. The van der Waals surface area contributed by atoms with Gasteiger partial charge in [-0.25, -0.2) is 4.79 Å². The quantitative estimate of drug-likeness (QED) is 0.0638. The van der Waals surface area contributed by atoms with Crippen LogP contribution in [-0.2, 0) is 25.6 Å². The highest BCUT2D eigenvalue weighted by Crippen LogP contribution is 2.12. The summed E-state index contributed by atoms with van der Waals surface area (Å²) in [5.74, 6) is -3.60. The number of aliphatic hydroxyl groups excluding tert-OH is 1. The Bertz CT molecular complexity index is 995. The van der Waals surface area contributed by atoms with Gasteiger partial charge in [-0.1, -0.05) is 26.0 Å². The summed E-state index contributed by atoms with van der Waals surface area (Å²) >= 11 is 0. The molecular formula is C25H41N7O7. The van der Waals surface area contributed by atoms with E-state index in [0.717, 1.165) is 0 Å². The van der Waals surface area contributed by atoms with Crippen LogP contribution in [0.1, 0.15) is 45.6 Å². The van der Waals surface area contributed by atoms with Gasteiger partial charge < -0.3 is 48.5 Å². The van der Waals surface area contributed by atoms with Crippen molar-refractivity contribution in [3.05, 3.63) is 29.8 Å². The maximum absolute atomic E-state index is 13.3. The molecule has 5 unspecified atom stereocenters. The number of aliphatic carboxylic acids is 1. The summed E-state index contributed by atoms with van der Waals surface area (Å²) in [5, 5.41) is 36.1. The molecule has 1 rings (SSSR count). The van der Waals surface area contributed by atoms with Crippen LogP contribution in [0.3, 0.4) is 0 Å². The zero-order valence-corrected chi connectivity index (χ0v) is 22.5. The molecule has 0 aliphatic carbocycles. The first-order chi connectivity index (χ1) is 18.2. The van der Waals surface area contributed by atoms with Gasteiger partial charge in [0.2, 0.25) is 17.7 Å². The number of guanidine groups is 1. The zero-order valence-electron chi connectivity index (χ0n) is 22.5. The molecule has 0 bridgehead atoms. The summed E-state index contributed by atoms with van der Waals surface area (Å²) in [7, 11) is 0. The van der Waals surface area contributed by atoms with Crippen LogP contribution in [0, 0.1) is 5.92 Å². The number of carbonyl (C=O) groups excluding carboxylic acids is 3. The molecule has 0 heterocycles. The predicted octanol–water partition coefficient (Wildman–Crippen LogP) is -1.72. The van der Waals surface area contributed by atoms with Crippen LogP contribution in [0.4, 0.5) is 0 Å². The summed E-state index contributed by atoms with van der Waals surface area (Å²) in [6.07, 6.45) is -0.682. The number of carboxylic acid groups (broad SMARTS) is 1. The van der Waals surface area contributed by atoms with Crippen molar-refractivity contribution in [2.75, 3.05) is 6.54 Å². The van der Waals surface area contributed by atoms with E-state index >= 15 is 0 Å². The van der Waals surface area contributed by atoms with E-state index in [4.69, 9.17) is 17.2 Å². The van der Waals surface area contributed by atoms with Gasteiger partial charge in [0, 0.05) is 13.0 Å². The maximum atomic E-state index is 13.3. The Hall–Kier alpha value is -3.91. The van der Waals surface area contributed by atoms with Crippen molar-refractivity contribution in [2.24, 2.45) is 28.1 Å². The molecule has 39 heavy (non-hydrogen) atoms. The van der Waals surface area contributed by atoms with Crippen LogP contribution < -0.4 is 33.2 Å². The lowest BCUT2D eigenvalue weighted by molar-refractivity contribution is -0.145. The van der Waals surface area contributed by atoms with Gasteiger partial charge >= 0.3 is 5.97 Å². The molecule has 0 spiro atoms. The number of aliphatic hydroxyl groups is 1. The molecule has 218 valence electrons. The second-order valence-electron chi connectivity index (χ2n) is 9.74. The van der Waals surface area contributed by atoms with E-state index in [1.165, 1.54) is 31.2 Å². The van der Waals surface area contributed by atoms with Gasteiger partial charge in [0.25, 0.3) is 0 Å². The molecule has 0 aliphatic rings. The normalized spacial score (nSPS) is 14.8. The minimum absolute atomic E-state index is 0.00915. The number of aliphatic imine (C=N–C) groups is 1. The topological polar surface area (TPSA) is 255 Å². The van der Waals surface area contributed by atoms with E-state index in [-0.39, 0.29) is 37.0 Å². The third-order valence-electron chi connectivity index (χ3n) is 5.70. The van der Waals surface area contributed by atoms with Crippen LogP contribution in [0.25, 0.3) is 0 Å². The number of hydrogen-bond donors (Lipinski definition) is 9. The number of nitrogens with one attached hydrogen (secondary N) is 3. The number of amides is 3. The molecule has 14 heteroatoms. The van der Waals surface area contributed by atoms with E-state index < -0.39 is 54.0 Å². The molecule has 14 nitrogen and oxygen atoms in total. The largest absolute Gasteiger partial charge is 0.508 e. The molecule has 0 saturated heterocycles. The number of nitrogens with zero attached hydrogens (tertiary/aromatic N) is 1. The van der Waals surface area contributed by atoms with Crippen molar-refractivity contribution in [3.63, 3.8) is 0 Å². The lowest BCUT2D eigenvalue weighted by Gasteiger charge is -2.26. The first kappa shape index (κ1) is 33.1. The van der Waals surface area contributed by atoms with Crippen LogP contribution in [0.5, 0.6) is 5.75 Å². The summed E-state index contributed by atoms with van der Waals surface area (Å²) in [6, 6.07) is 0.971. The summed E-state index contributed by atoms with van der Waals surface area (Å²) in [4.78, 5) is 54.5. The number of rotatable bonds is 16. The number of carboxylic acids is 1. The molecule has 3 amide bonds. The Labute approximate surface area is 227 Å². The Morgan fingerprint density at radius 3 is 2.00 bits per heavy atom. The average Bonchev–Trinajstić information content (AvgIpc) is 2.83. The molecule has 0 saturated carbocycles. The molecule has 0 aromatic heterocycles. The fraction of sp³-hybridized carbons (Fsp3) is 0.560. The molecule has 0 aliphatic heterocycles. The second kappa shape index (κ2) is 16.1. The fourth-order valence-electron chi connectivity index (χ4n) is 3.66. The maximum Gasteiger partial charge on any atom is 0.328 e. The van der Waals surface area contributed by atoms with Gasteiger partial charge in [-0.05, 0) is 49.8 Å². The SMILES string of the molecule is CC(C)CC(N)C(=O)NC(CCCN=C(N)N)C(=O)NC(Cc1ccc(O)cc1)C(=O)NC(C(=O)O)C(C)O. The molecule has 1 aromatic carbocycles. The van der Waals surface area contributed by atoms with Gasteiger partial charge in [-0.15, -0.1) is 0 Å². The van der Waals surface area contributed by atoms with Crippen LogP contribution >= 0.6 is 0 Å². The highest BCUT2D eigenvalue weighted by atomic mass is 16.4. The monoisotopic (exact) mass is 551 g/mol. The van der Waals surface area contributed by atoms with Crippen molar-refractivity contribution in [2.45, 2.75) is 76.7 Å². The minimum atomic E-state index is -1.62. The minimum Gasteiger partial charge on any atom is -0.508 e. The first-order valence-corrected chi connectivity index (χ1v) is 12.6. The number of carbonyl (C=O) groups is 4. The lowest BCUT2D eigenvalue weighted by atomic mass is 10.0. The van der Waals surface area contributed by atoms with E-state index in [0.29, 0.717) is 18.4 Å². The van der Waals surface area contributed by atoms with Crippen molar-refractivity contribution in [3.8, 4) is 5.75 Å². The van der Waals surface area contributed by atoms with E-state index in [1.807, 2.05) is 13.8 Å². The molecule has 1 aromatic rings. The first-order valence-electron chi connectivity index (χ1n) is 12.6. The van der Waals surface area contributed by atoms with Crippen LogP contribution in [0.2, 0.25) is 0 Å². The van der Waals surface area contributed by atoms with E-state index in [2.05, 4.69) is 20.9 Å². The lowest BCUT2D eigenvalue weighted by Crippen LogP contribution is -2.58. The number of phenolic OH excluding ortho intramolecular Hbond substituents is 1. The zero-order chi connectivity index (χ0) is 29.7. The standard InChI is InChI=1S/C25H41N7O7/c1-13(2)11-17(26)21(35)30-18(5-4-10-29-25(27)28)22(36)31-19(12-15-6-8-16(34)9-7-15)23(37)32-20(14(3)33)24(38)39/h6-9,13-14,17-20,33-34H,4-5,10-12,26H2,1-3H3,(H,30,35)(H,31,36)(H,32,37)(H,38,39)(H4,27,28,29). The summed E-state index contributed by atoms with van der Waals surface area (Å²) < 4.78 is 0. The highest BCUT2D eigenvalue weighted by molar-refractivity contribution is 5.94. The number of nitrogens with two attached hydrogens (primary N) is 3. The molecule has 12 N–H and O–H groups in total. The molecule has 0 fully saturated rings. The van der Waals surface area contributed by atoms with Crippen LogP contribution in [-0.4, -0.2) is 81.8 Å². The van der Waals surface area contributed by atoms with E-state index in [9.17, 15) is 34.5 Å². The number of aromatic hydroxyl groups is 1. The Kier molecular flexibility index (Phi) is 13.7. The molecular weight excluding hydrogens is 510 g/mol. The van der Waals surface area contributed by atoms with Gasteiger partial charge in [0.15, 0.2) is 12.0 Å². The number of hydrogen-bond acceptors (Lipinski definition) is 8. The van der Waals surface area contributed by atoms with Gasteiger partial charge in [-0.2, -0.15) is 0 Å².